The average molecular weight is 258 g/mol. The molecule has 0 aliphatic heterocycles. The molecule has 98 valence electrons. The minimum Gasteiger partial charge on any atom is -0.432 e. The van der Waals surface area contributed by atoms with Gasteiger partial charge in [0.25, 0.3) is 0 Å². The monoisotopic (exact) mass is 258 g/mol. The SMILES string of the molecule is C=C(PC)C(=O)OC(CC(C)C)OC1CCC1. The maximum Gasteiger partial charge on any atom is 0.339 e. The summed E-state index contributed by atoms with van der Waals surface area (Å²) in [5, 5.41) is 0.538. The Morgan fingerprint density at radius 1 is 1.47 bits per heavy atom. The summed E-state index contributed by atoms with van der Waals surface area (Å²) in [6.07, 6.45) is 4.02. The van der Waals surface area contributed by atoms with Gasteiger partial charge in [-0.3, -0.25) is 0 Å². The van der Waals surface area contributed by atoms with Crippen LogP contribution in [0.15, 0.2) is 11.9 Å². The lowest BCUT2D eigenvalue weighted by molar-refractivity contribution is -0.197. The summed E-state index contributed by atoms with van der Waals surface area (Å²) in [5.41, 5.74) is 0. The van der Waals surface area contributed by atoms with Crippen LogP contribution < -0.4 is 0 Å². The van der Waals surface area contributed by atoms with E-state index in [1.807, 2.05) is 6.66 Å². The van der Waals surface area contributed by atoms with Gasteiger partial charge in [0, 0.05) is 6.42 Å². The van der Waals surface area contributed by atoms with Gasteiger partial charge in [0.2, 0.25) is 6.29 Å². The minimum atomic E-state index is -0.402. The summed E-state index contributed by atoms with van der Waals surface area (Å²) in [4.78, 5) is 11.7. The molecule has 0 bridgehead atoms. The summed E-state index contributed by atoms with van der Waals surface area (Å²) in [7, 11) is 0.393. The molecule has 17 heavy (non-hydrogen) atoms. The molecule has 0 saturated heterocycles. The maximum atomic E-state index is 11.7. The van der Waals surface area contributed by atoms with Crippen molar-refractivity contribution in [1.29, 1.82) is 0 Å². The van der Waals surface area contributed by atoms with Crippen molar-refractivity contribution in [2.75, 3.05) is 6.66 Å². The van der Waals surface area contributed by atoms with Crippen molar-refractivity contribution in [3.05, 3.63) is 11.9 Å². The summed E-state index contributed by atoms with van der Waals surface area (Å²) >= 11 is 0. The van der Waals surface area contributed by atoms with Gasteiger partial charge in [-0.1, -0.05) is 29.0 Å². The molecule has 1 rings (SSSR count). The molecule has 3 nitrogen and oxygen atoms in total. The third-order valence-corrected chi connectivity index (χ3v) is 3.65. The lowest BCUT2D eigenvalue weighted by Gasteiger charge is -2.30. The van der Waals surface area contributed by atoms with Gasteiger partial charge >= 0.3 is 5.97 Å². The van der Waals surface area contributed by atoms with Gasteiger partial charge in [0.1, 0.15) is 0 Å². The molecule has 0 radical (unpaired) electrons. The number of hydrogen-bond donors (Lipinski definition) is 0. The smallest absolute Gasteiger partial charge is 0.339 e. The Morgan fingerprint density at radius 3 is 2.53 bits per heavy atom. The average Bonchev–Trinajstić information content (AvgIpc) is 2.21. The number of carbonyl (C=O) groups is 1. The molecule has 0 spiro atoms. The Kier molecular flexibility index (Phi) is 6.15. The van der Waals surface area contributed by atoms with Gasteiger partial charge in [0.15, 0.2) is 0 Å². The van der Waals surface area contributed by atoms with Crippen molar-refractivity contribution in [1.82, 2.24) is 0 Å². The zero-order valence-corrected chi connectivity index (χ0v) is 12.0. The van der Waals surface area contributed by atoms with E-state index in [4.69, 9.17) is 9.47 Å². The highest BCUT2D eigenvalue weighted by Gasteiger charge is 2.25. The summed E-state index contributed by atoms with van der Waals surface area (Å²) in [6, 6.07) is 0. The molecule has 0 aromatic heterocycles. The van der Waals surface area contributed by atoms with Crippen LogP contribution in [0.3, 0.4) is 0 Å². The van der Waals surface area contributed by atoms with Crippen LogP contribution in [0.2, 0.25) is 0 Å². The maximum absolute atomic E-state index is 11.7. The van der Waals surface area contributed by atoms with E-state index in [-0.39, 0.29) is 12.1 Å². The molecule has 0 amide bonds. The molecule has 1 saturated carbocycles. The predicted molar refractivity (Wildman–Crippen MR) is 71.4 cm³/mol. The summed E-state index contributed by atoms with van der Waals surface area (Å²) < 4.78 is 11.1. The summed E-state index contributed by atoms with van der Waals surface area (Å²) in [5.74, 6) is 0.140. The van der Waals surface area contributed by atoms with Crippen LogP contribution in [-0.4, -0.2) is 25.0 Å². The van der Waals surface area contributed by atoms with Gasteiger partial charge in [-0.15, -0.1) is 0 Å². The highest BCUT2D eigenvalue weighted by atomic mass is 31.1. The Labute approximate surface area is 106 Å². The normalized spacial score (nSPS) is 18.4. The number of esters is 1. The second kappa shape index (κ2) is 7.13. The van der Waals surface area contributed by atoms with Crippen LogP contribution in [0.25, 0.3) is 0 Å². The number of carbonyl (C=O) groups excluding carboxylic acids is 1. The zero-order valence-electron chi connectivity index (χ0n) is 11.0. The van der Waals surface area contributed by atoms with Crippen molar-refractivity contribution >= 4 is 14.6 Å². The van der Waals surface area contributed by atoms with E-state index in [0.29, 0.717) is 19.8 Å². The molecule has 1 fully saturated rings. The van der Waals surface area contributed by atoms with E-state index in [1.54, 1.807) is 0 Å². The van der Waals surface area contributed by atoms with E-state index < -0.39 is 6.29 Å². The number of hydrogen-bond acceptors (Lipinski definition) is 3. The van der Waals surface area contributed by atoms with E-state index in [2.05, 4.69) is 20.4 Å². The standard InChI is InChI=1S/C13H23O3P/c1-9(2)8-12(15-11-6-5-7-11)16-13(14)10(3)17-4/h9,11-12,17H,3,5-8H2,1-2,4H3. The molecule has 0 heterocycles. The zero-order chi connectivity index (χ0) is 12.8. The van der Waals surface area contributed by atoms with Crippen LogP contribution in [-0.2, 0) is 14.3 Å². The number of rotatable bonds is 7. The van der Waals surface area contributed by atoms with E-state index in [1.165, 1.54) is 6.42 Å². The molecule has 0 aromatic rings. The first-order valence-corrected chi connectivity index (χ1v) is 7.76. The first kappa shape index (κ1) is 14.7. The van der Waals surface area contributed by atoms with Crippen molar-refractivity contribution in [3.8, 4) is 0 Å². The van der Waals surface area contributed by atoms with Crippen LogP contribution in [0.4, 0.5) is 0 Å². The second-order valence-corrected chi connectivity index (χ2v) is 5.99. The third-order valence-electron chi connectivity index (χ3n) is 2.85. The molecule has 0 N–H and O–H groups in total. The Bertz CT molecular complexity index is 272. The second-order valence-electron chi connectivity index (χ2n) is 4.88. The fourth-order valence-electron chi connectivity index (χ4n) is 1.53. The molecule has 0 aromatic carbocycles. The quantitative estimate of drug-likeness (QED) is 0.304. The lowest BCUT2D eigenvalue weighted by Crippen LogP contribution is -2.32. The lowest BCUT2D eigenvalue weighted by atomic mass is 9.96. The van der Waals surface area contributed by atoms with Crippen molar-refractivity contribution in [2.45, 2.75) is 51.9 Å². The van der Waals surface area contributed by atoms with Gasteiger partial charge in [-0.25, -0.2) is 4.79 Å². The van der Waals surface area contributed by atoms with E-state index in [9.17, 15) is 4.79 Å². The van der Waals surface area contributed by atoms with Gasteiger partial charge < -0.3 is 9.47 Å². The molecular weight excluding hydrogens is 235 g/mol. The molecule has 1 aliphatic rings. The fraction of sp³-hybridized carbons (Fsp3) is 0.769. The molecule has 1 aliphatic carbocycles. The van der Waals surface area contributed by atoms with E-state index >= 15 is 0 Å². The van der Waals surface area contributed by atoms with Gasteiger partial charge in [0.05, 0.1) is 11.4 Å². The first-order chi connectivity index (χ1) is 8.02. The van der Waals surface area contributed by atoms with Crippen molar-refractivity contribution in [2.24, 2.45) is 5.92 Å². The Hall–Kier alpha value is -0.400. The number of ether oxygens (including phenoxy) is 2. The van der Waals surface area contributed by atoms with Gasteiger partial charge in [-0.2, -0.15) is 0 Å². The van der Waals surface area contributed by atoms with Crippen LogP contribution in [0, 0.1) is 5.92 Å². The molecule has 4 heteroatoms. The van der Waals surface area contributed by atoms with Crippen molar-refractivity contribution < 1.29 is 14.3 Å². The Morgan fingerprint density at radius 2 is 2.12 bits per heavy atom. The molecular formula is C13H23O3P. The van der Waals surface area contributed by atoms with Crippen LogP contribution in [0.1, 0.15) is 39.5 Å². The third kappa shape index (κ3) is 5.18. The van der Waals surface area contributed by atoms with Crippen molar-refractivity contribution in [3.63, 3.8) is 0 Å². The molecule has 2 atom stereocenters. The van der Waals surface area contributed by atoms with Crippen LogP contribution >= 0.6 is 8.58 Å². The molecule has 2 unspecified atom stereocenters. The Balaban J connectivity index is 2.43. The highest BCUT2D eigenvalue weighted by molar-refractivity contribution is 7.43. The summed E-state index contributed by atoms with van der Waals surface area (Å²) in [6.45, 7) is 9.82. The largest absolute Gasteiger partial charge is 0.432 e. The van der Waals surface area contributed by atoms with Gasteiger partial charge in [-0.05, 0) is 31.8 Å². The topological polar surface area (TPSA) is 35.5 Å². The van der Waals surface area contributed by atoms with Crippen LogP contribution in [0.5, 0.6) is 0 Å². The van der Waals surface area contributed by atoms with E-state index in [0.717, 1.165) is 19.3 Å². The predicted octanol–water partition coefficient (Wildman–Crippen LogP) is 3.29. The minimum absolute atomic E-state index is 0.281. The first-order valence-electron chi connectivity index (χ1n) is 6.26. The fourth-order valence-corrected chi connectivity index (χ4v) is 1.79. The highest BCUT2D eigenvalue weighted by Crippen LogP contribution is 2.27.